The van der Waals surface area contributed by atoms with E-state index in [2.05, 4.69) is 15.3 Å². The van der Waals surface area contributed by atoms with Gasteiger partial charge < -0.3 is 25.3 Å². The van der Waals surface area contributed by atoms with E-state index in [1.807, 2.05) is 6.92 Å². The molecule has 2 aromatic heterocycles. The lowest BCUT2D eigenvalue weighted by atomic mass is 9.83. The van der Waals surface area contributed by atoms with E-state index < -0.39 is 19.1 Å². The van der Waals surface area contributed by atoms with Gasteiger partial charge in [0, 0.05) is 6.07 Å². The lowest BCUT2D eigenvalue weighted by molar-refractivity contribution is -0.0469. The van der Waals surface area contributed by atoms with E-state index in [-0.39, 0.29) is 17.3 Å². The number of nitrogens with one attached hydrogen (secondary N) is 1. The fourth-order valence-electron chi connectivity index (χ4n) is 2.77. The molecule has 2 aromatic rings. The molecule has 1 fully saturated rings. The van der Waals surface area contributed by atoms with Gasteiger partial charge in [-0.1, -0.05) is 11.3 Å². The molecular formula is C17H22F2N4O4S. The number of fused-ring (bicyclic) bond motifs is 1. The van der Waals surface area contributed by atoms with Crippen LogP contribution in [0.5, 0.6) is 11.1 Å². The third-order valence-corrected chi connectivity index (χ3v) is 5.05. The van der Waals surface area contributed by atoms with E-state index in [1.165, 1.54) is 0 Å². The van der Waals surface area contributed by atoms with Crippen molar-refractivity contribution in [3.05, 3.63) is 12.1 Å². The first kappa shape index (κ1) is 20.5. The summed E-state index contributed by atoms with van der Waals surface area (Å²) in [6.07, 6.45) is -0.649. The first-order valence-corrected chi connectivity index (χ1v) is 9.69. The summed E-state index contributed by atoms with van der Waals surface area (Å²) in [5.41, 5.74) is 5.64. The maximum Gasteiger partial charge on any atom is 0.312 e. The number of pyridine rings is 1. The second-order valence-corrected chi connectivity index (χ2v) is 7.61. The second kappa shape index (κ2) is 9.28. The maximum absolute atomic E-state index is 12.2. The molecule has 0 aromatic carbocycles. The van der Waals surface area contributed by atoms with Crippen molar-refractivity contribution in [3.8, 4) is 11.1 Å². The van der Waals surface area contributed by atoms with Crippen molar-refractivity contribution < 1.29 is 27.8 Å². The van der Waals surface area contributed by atoms with Crippen LogP contribution in [0.1, 0.15) is 19.8 Å². The molecular weight excluding hydrogens is 394 g/mol. The summed E-state index contributed by atoms with van der Waals surface area (Å²) in [7, 11) is 0. The zero-order valence-corrected chi connectivity index (χ0v) is 16.1. The standard InChI is InChI=1S/C17H22F2N4O4S/c1-9(21-16(20)24)6-25-11-4-10(5-11)7-26-14-3-2-12-15(23-14)28-17(22-12)27-8-13(18)19/h2-3,9-11,13H,4-8H2,1H3,(H3,20,21,24)/t9-,10-,11-/m0/s1. The number of thiazole rings is 1. The zero-order chi connectivity index (χ0) is 20.1. The van der Waals surface area contributed by atoms with Gasteiger partial charge in [-0.15, -0.1) is 0 Å². The fourth-order valence-corrected chi connectivity index (χ4v) is 3.56. The summed E-state index contributed by atoms with van der Waals surface area (Å²) in [4.78, 5) is 19.8. The number of rotatable bonds is 10. The fraction of sp³-hybridized carbons (Fsp3) is 0.588. The molecule has 3 N–H and O–H groups in total. The van der Waals surface area contributed by atoms with Crippen LogP contribution in [0.25, 0.3) is 10.3 Å². The van der Waals surface area contributed by atoms with Gasteiger partial charge in [-0.05, 0) is 31.7 Å². The molecule has 0 radical (unpaired) electrons. The van der Waals surface area contributed by atoms with Crippen LogP contribution in [-0.4, -0.2) is 54.4 Å². The Morgan fingerprint density at radius 3 is 2.82 bits per heavy atom. The number of carbonyl (C=O) groups excluding carboxylic acids is 1. The highest BCUT2D eigenvalue weighted by molar-refractivity contribution is 7.19. The van der Waals surface area contributed by atoms with Crippen LogP contribution in [-0.2, 0) is 4.74 Å². The van der Waals surface area contributed by atoms with Crippen LogP contribution in [0.4, 0.5) is 13.6 Å². The molecule has 0 saturated heterocycles. The Morgan fingerprint density at radius 1 is 1.32 bits per heavy atom. The zero-order valence-electron chi connectivity index (χ0n) is 15.3. The summed E-state index contributed by atoms with van der Waals surface area (Å²) < 4.78 is 40.8. The number of urea groups is 1. The lowest BCUT2D eigenvalue weighted by Gasteiger charge is -2.35. The number of amides is 2. The molecule has 1 saturated carbocycles. The molecule has 1 aliphatic carbocycles. The quantitative estimate of drug-likeness (QED) is 0.616. The van der Waals surface area contributed by atoms with Crippen molar-refractivity contribution in [1.82, 2.24) is 15.3 Å². The Morgan fingerprint density at radius 2 is 2.11 bits per heavy atom. The molecule has 2 heterocycles. The van der Waals surface area contributed by atoms with Gasteiger partial charge in [0.2, 0.25) is 5.88 Å². The van der Waals surface area contributed by atoms with Crippen molar-refractivity contribution >= 4 is 27.7 Å². The van der Waals surface area contributed by atoms with Gasteiger partial charge in [-0.25, -0.2) is 23.5 Å². The summed E-state index contributed by atoms with van der Waals surface area (Å²) in [6, 6.07) is 2.73. The minimum atomic E-state index is -2.54. The average Bonchev–Trinajstić information content (AvgIpc) is 2.99. The predicted molar refractivity (Wildman–Crippen MR) is 99.1 cm³/mol. The molecule has 2 amide bonds. The largest absolute Gasteiger partial charge is 0.477 e. The number of carbonyl (C=O) groups is 1. The van der Waals surface area contributed by atoms with Crippen molar-refractivity contribution in [2.24, 2.45) is 11.7 Å². The van der Waals surface area contributed by atoms with Crippen LogP contribution in [0.15, 0.2) is 12.1 Å². The molecule has 0 unspecified atom stereocenters. The number of primary amides is 1. The van der Waals surface area contributed by atoms with Crippen LogP contribution >= 0.6 is 11.3 Å². The van der Waals surface area contributed by atoms with Gasteiger partial charge in [0.1, 0.15) is 5.52 Å². The molecule has 0 spiro atoms. The van der Waals surface area contributed by atoms with Gasteiger partial charge >= 0.3 is 6.03 Å². The molecule has 154 valence electrons. The Hall–Kier alpha value is -2.27. The van der Waals surface area contributed by atoms with Gasteiger partial charge in [-0.2, -0.15) is 0 Å². The molecule has 28 heavy (non-hydrogen) atoms. The molecule has 3 rings (SSSR count). The molecule has 1 aliphatic rings. The number of alkyl halides is 2. The molecule has 0 bridgehead atoms. The van der Waals surface area contributed by atoms with Gasteiger partial charge in [0.15, 0.2) is 11.4 Å². The van der Waals surface area contributed by atoms with E-state index in [1.54, 1.807) is 12.1 Å². The highest BCUT2D eigenvalue weighted by atomic mass is 32.1. The van der Waals surface area contributed by atoms with Crippen molar-refractivity contribution in [1.29, 1.82) is 0 Å². The SMILES string of the molecule is C[C@@H](CO[C@H]1C[C@H](COc2ccc3nc(OCC(F)F)sc3n2)C1)NC(N)=O. The summed E-state index contributed by atoms with van der Waals surface area (Å²) in [5, 5.41) is 2.73. The Labute approximate surface area is 164 Å². The number of nitrogens with two attached hydrogens (primary N) is 1. The van der Waals surface area contributed by atoms with Crippen molar-refractivity contribution in [2.75, 3.05) is 19.8 Å². The monoisotopic (exact) mass is 416 g/mol. The lowest BCUT2D eigenvalue weighted by Crippen LogP contribution is -2.42. The predicted octanol–water partition coefficient (Wildman–Crippen LogP) is 2.57. The first-order valence-electron chi connectivity index (χ1n) is 8.88. The Kier molecular flexibility index (Phi) is 6.79. The van der Waals surface area contributed by atoms with Gasteiger partial charge in [0.05, 0.1) is 25.4 Å². The van der Waals surface area contributed by atoms with E-state index in [0.29, 0.717) is 35.4 Å². The highest BCUT2D eigenvalue weighted by Crippen LogP contribution is 2.32. The average molecular weight is 416 g/mol. The number of hydrogen-bond donors (Lipinski definition) is 2. The minimum Gasteiger partial charge on any atom is -0.477 e. The normalized spacial score (nSPS) is 20.0. The van der Waals surface area contributed by atoms with E-state index >= 15 is 0 Å². The summed E-state index contributed by atoms with van der Waals surface area (Å²) in [6.45, 7) is 2.07. The number of hydrogen-bond acceptors (Lipinski definition) is 7. The molecule has 0 aliphatic heterocycles. The van der Waals surface area contributed by atoms with Crippen molar-refractivity contribution in [2.45, 2.75) is 38.3 Å². The number of aromatic nitrogens is 2. The third-order valence-electron chi connectivity index (χ3n) is 4.17. The van der Waals surface area contributed by atoms with Crippen LogP contribution in [0, 0.1) is 5.92 Å². The van der Waals surface area contributed by atoms with Crippen LogP contribution in [0.2, 0.25) is 0 Å². The van der Waals surface area contributed by atoms with Gasteiger partial charge in [0.25, 0.3) is 11.6 Å². The van der Waals surface area contributed by atoms with E-state index in [4.69, 9.17) is 19.9 Å². The maximum atomic E-state index is 12.2. The van der Waals surface area contributed by atoms with Crippen molar-refractivity contribution in [3.63, 3.8) is 0 Å². The summed E-state index contributed by atoms with van der Waals surface area (Å²) >= 11 is 1.10. The number of ether oxygens (including phenoxy) is 3. The Balaban J connectivity index is 1.39. The minimum absolute atomic E-state index is 0.127. The first-order chi connectivity index (χ1) is 13.4. The topological polar surface area (TPSA) is 109 Å². The number of halogens is 2. The van der Waals surface area contributed by atoms with Crippen LogP contribution in [0.3, 0.4) is 0 Å². The smallest absolute Gasteiger partial charge is 0.312 e. The van der Waals surface area contributed by atoms with E-state index in [9.17, 15) is 13.6 Å². The van der Waals surface area contributed by atoms with E-state index in [0.717, 1.165) is 24.2 Å². The molecule has 1 atom stereocenters. The Bertz CT molecular complexity index is 801. The van der Waals surface area contributed by atoms with Gasteiger partial charge in [-0.3, -0.25) is 0 Å². The van der Waals surface area contributed by atoms with Crippen LogP contribution < -0.4 is 20.5 Å². The third kappa shape index (κ3) is 5.86. The second-order valence-electron chi connectivity index (χ2n) is 6.67. The summed E-state index contributed by atoms with van der Waals surface area (Å²) in [5.74, 6) is 0.827. The number of nitrogens with zero attached hydrogens (tertiary/aromatic N) is 2. The molecule has 11 heteroatoms. The highest BCUT2D eigenvalue weighted by Gasteiger charge is 2.31. The molecule has 8 nitrogen and oxygen atoms in total.